The molecule has 0 saturated carbocycles. The minimum Gasteiger partial charge on any atom is -0.369 e. The Hall–Kier alpha value is -1.69. The summed E-state index contributed by atoms with van der Waals surface area (Å²) < 4.78 is 0. The summed E-state index contributed by atoms with van der Waals surface area (Å²) in [4.78, 5) is 21.8. The molecule has 6 nitrogen and oxygen atoms in total. The summed E-state index contributed by atoms with van der Waals surface area (Å²) in [6.07, 6.45) is 3.44. The monoisotopic (exact) mass is 251 g/mol. The van der Waals surface area contributed by atoms with Gasteiger partial charge >= 0.3 is 0 Å². The maximum absolute atomic E-state index is 11.4. The molecule has 0 bridgehead atoms. The van der Waals surface area contributed by atoms with E-state index in [4.69, 9.17) is 0 Å². The van der Waals surface area contributed by atoms with Gasteiger partial charge in [-0.2, -0.15) is 0 Å². The van der Waals surface area contributed by atoms with Crippen molar-refractivity contribution in [2.75, 3.05) is 32.0 Å². The number of rotatable bonds is 7. The third-order valence-corrected chi connectivity index (χ3v) is 2.28. The van der Waals surface area contributed by atoms with Gasteiger partial charge in [0.25, 0.3) is 0 Å². The topological polar surface area (TPSA) is 70.2 Å². The molecule has 1 heterocycles. The number of carbonyl (C=O) groups is 1. The minimum absolute atomic E-state index is 0.0252. The summed E-state index contributed by atoms with van der Waals surface area (Å²) in [5.74, 6) is 0.796. The van der Waals surface area contributed by atoms with Gasteiger partial charge in [-0.15, -0.1) is 0 Å². The van der Waals surface area contributed by atoms with Crippen molar-refractivity contribution in [1.29, 1.82) is 0 Å². The van der Waals surface area contributed by atoms with Gasteiger partial charge in [-0.05, 0) is 20.9 Å². The lowest BCUT2D eigenvalue weighted by molar-refractivity contribution is -0.121. The molecule has 100 valence electrons. The van der Waals surface area contributed by atoms with Crippen molar-refractivity contribution in [2.45, 2.75) is 20.4 Å². The van der Waals surface area contributed by atoms with Crippen molar-refractivity contribution in [3.05, 3.63) is 18.1 Å². The van der Waals surface area contributed by atoms with Crippen molar-refractivity contribution in [3.8, 4) is 0 Å². The fourth-order valence-corrected chi connectivity index (χ4v) is 1.54. The Labute approximate surface area is 108 Å². The molecule has 0 unspecified atom stereocenters. The van der Waals surface area contributed by atoms with Crippen LogP contribution in [0.15, 0.2) is 12.4 Å². The van der Waals surface area contributed by atoms with Gasteiger partial charge in [0.05, 0.1) is 24.6 Å². The number of carbonyl (C=O) groups excluding carboxylic acids is 1. The standard InChI is InChI=1S/C12H21N5O/c1-4-13-11-7-15-10(6-16-11)8-17(3)9-12(18)14-5-2/h6-7H,4-5,8-9H2,1-3H3,(H,13,16)(H,14,18). The molecule has 0 aromatic carbocycles. The molecule has 6 heteroatoms. The molecule has 18 heavy (non-hydrogen) atoms. The van der Waals surface area contributed by atoms with Gasteiger partial charge in [0, 0.05) is 19.6 Å². The fourth-order valence-electron chi connectivity index (χ4n) is 1.54. The van der Waals surface area contributed by atoms with E-state index < -0.39 is 0 Å². The largest absolute Gasteiger partial charge is 0.369 e. The van der Waals surface area contributed by atoms with Gasteiger partial charge < -0.3 is 10.6 Å². The van der Waals surface area contributed by atoms with Crippen LogP contribution in [0.2, 0.25) is 0 Å². The number of nitrogens with zero attached hydrogens (tertiary/aromatic N) is 3. The Bertz CT molecular complexity index is 365. The fraction of sp³-hybridized carbons (Fsp3) is 0.583. The minimum atomic E-state index is 0.0252. The van der Waals surface area contributed by atoms with Crippen LogP contribution in [0.25, 0.3) is 0 Å². The Morgan fingerprint density at radius 3 is 2.61 bits per heavy atom. The van der Waals surface area contributed by atoms with E-state index >= 15 is 0 Å². The third kappa shape index (κ3) is 5.09. The lowest BCUT2D eigenvalue weighted by Crippen LogP contribution is -2.34. The normalized spacial score (nSPS) is 10.4. The van der Waals surface area contributed by atoms with Crippen molar-refractivity contribution in [2.24, 2.45) is 0 Å². The summed E-state index contributed by atoms with van der Waals surface area (Å²) in [5, 5.41) is 5.85. The van der Waals surface area contributed by atoms with Crippen molar-refractivity contribution < 1.29 is 4.79 Å². The highest BCUT2D eigenvalue weighted by molar-refractivity contribution is 5.77. The first-order valence-corrected chi connectivity index (χ1v) is 6.15. The molecule has 1 rings (SSSR count). The quantitative estimate of drug-likeness (QED) is 0.737. The molecular weight excluding hydrogens is 230 g/mol. The first-order chi connectivity index (χ1) is 8.65. The molecule has 1 amide bonds. The van der Waals surface area contributed by atoms with Crippen molar-refractivity contribution >= 4 is 11.7 Å². The van der Waals surface area contributed by atoms with Crippen LogP contribution in [0.3, 0.4) is 0 Å². The van der Waals surface area contributed by atoms with Gasteiger partial charge in [-0.1, -0.05) is 0 Å². The number of anilines is 1. The Balaban J connectivity index is 2.43. The van der Waals surface area contributed by atoms with Gasteiger partial charge in [0.15, 0.2) is 0 Å². The summed E-state index contributed by atoms with van der Waals surface area (Å²) in [6, 6.07) is 0. The predicted octanol–water partition coefficient (Wildman–Crippen LogP) is 0.476. The van der Waals surface area contributed by atoms with Crippen LogP contribution in [0.4, 0.5) is 5.82 Å². The van der Waals surface area contributed by atoms with Crippen LogP contribution in [0, 0.1) is 0 Å². The van der Waals surface area contributed by atoms with E-state index in [1.165, 1.54) is 0 Å². The van der Waals surface area contributed by atoms with E-state index in [9.17, 15) is 4.79 Å². The third-order valence-electron chi connectivity index (χ3n) is 2.28. The van der Waals surface area contributed by atoms with E-state index in [1.54, 1.807) is 12.4 Å². The van der Waals surface area contributed by atoms with Crippen LogP contribution in [-0.4, -0.2) is 47.5 Å². The zero-order valence-corrected chi connectivity index (χ0v) is 11.2. The zero-order valence-electron chi connectivity index (χ0n) is 11.2. The molecule has 0 aliphatic heterocycles. The average Bonchev–Trinajstić information content (AvgIpc) is 2.32. The number of likely N-dealkylation sites (N-methyl/N-ethyl adjacent to an activating group) is 2. The number of amides is 1. The van der Waals surface area contributed by atoms with Gasteiger partial charge in [0.1, 0.15) is 5.82 Å². The molecule has 1 aromatic heterocycles. The summed E-state index contributed by atoms with van der Waals surface area (Å²) >= 11 is 0. The molecule has 0 fully saturated rings. The van der Waals surface area contributed by atoms with E-state index in [-0.39, 0.29) is 5.91 Å². The second kappa shape index (κ2) is 7.60. The Morgan fingerprint density at radius 2 is 2.06 bits per heavy atom. The van der Waals surface area contributed by atoms with Crippen LogP contribution in [0.1, 0.15) is 19.5 Å². The summed E-state index contributed by atoms with van der Waals surface area (Å²) in [6.45, 7) is 6.37. The van der Waals surface area contributed by atoms with E-state index in [2.05, 4.69) is 20.6 Å². The lowest BCUT2D eigenvalue weighted by atomic mass is 10.4. The molecule has 1 aromatic rings. The maximum atomic E-state index is 11.4. The number of nitrogens with one attached hydrogen (secondary N) is 2. The Kier molecular flexibility index (Phi) is 6.07. The first kappa shape index (κ1) is 14.4. The molecule has 0 radical (unpaired) electrons. The summed E-state index contributed by atoms with van der Waals surface area (Å²) in [7, 11) is 1.88. The highest BCUT2D eigenvalue weighted by Crippen LogP contribution is 2.02. The summed E-state index contributed by atoms with van der Waals surface area (Å²) in [5.41, 5.74) is 0.850. The molecule has 0 atom stereocenters. The second-order valence-corrected chi connectivity index (χ2v) is 4.05. The smallest absolute Gasteiger partial charge is 0.234 e. The van der Waals surface area contributed by atoms with Crippen LogP contribution in [0.5, 0.6) is 0 Å². The van der Waals surface area contributed by atoms with Gasteiger partial charge in [0.2, 0.25) is 5.91 Å². The van der Waals surface area contributed by atoms with Crippen LogP contribution in [-0.2, 0) is 11.3 Å². The Morgan fingerprint density at radius 1 is 1.28 bits per heavy atom. The zero-order chi connectivity index (χ0) is 13.4. The van der Waals surface area contributed by atoms with E-state index in [0.29, 0.717) is 19.6 Å². The van der Waals surface area contributed by atoms with Crippen molar-refractivity contribution in [3.63, 3.8) is 0 Å². The molecule has 0 saturated heterocycles. The molecular formula is C12H21N5O. The number of hydrogen-bond acceptors (Lipinski definition) is 5. The first-order valence-electron chi connectivity index (χ1n) is 6.15. The molecule has 0 aliphatic rings. The van der Waals surface area contributed by atoms with Crippen LogP contribution < -0.4 is 10.6 Å². The predicted molar refractivity (Wildman–Crippen MR) is 71.2 cm³/mol. The highest BCUT2D eigenvalue weighted by atomic mass is 16.1. The molecule has 0 spiro atoms. The van der Waals surface area contributed by atoms with E-state index in [0.717, 1.165) is 18.1 Å². The lowest BCUT2D eigenvalue weighted by Gasteiger charge is -2.15. The SMILES string of the molecule is CCNC(=O)CN(C)Cc1cnc(NCC)cn1. The second-order valence-electron chi connectivity index (χ2n) is 4.05. The molecule has 2 N–H and O–H groups in total. The van der Waals surface area contributed by atoms with Gasteiger partial charge in [-0.3, -0.25) is 14.7 Å². The molecule has 0 aliphatic carbocycles. The van der Waals surface area contributed by atoms with E-state index in [1.807, 2.05) is 25.8 Å². The highest BCUT2D eigenvalue weighted by Gasteiger charge is 2.07. The van der Waals surface area contributed by atoms with Gasteiger partial charge in [-0.25, -0.2) is 4.98 Å². The van der Waals surface area contributed by atoms with Crippen molar-refractivity contribution in [1.82, 2.24) is 20.2 Å². The average molecular weight is 251 g/mol. The maximum Gasteiger partial charge on any atom is 0.234 e. The number of hydrogen-bond donors (Lipinski definition) is 2. The van der Waals surface area contributed by atoms with Crippen LogP contribution >= 0.6 is 0 Å². The number of aromatic nitrogens is 2.